The number of aromatic nitrogens is 2. The zero-order chi connectivity index (χ0) is 17.4. The first-order chi connectivity index (χ1) is 12.1. The molecule has 0 saturated heterocycles. The van der Waals surface area contributed by atoms with Crippen LogP contribution >= 0.6 is 0 Å². The minimum Gasteiger partial charge on any atom is -0.469 e. The quantitative estimate of drug-likeness (QED) is 0.767. The van der Waals surface area contributed by atoms with Crippen LogP contribution in [0.15, 0.2) is 57.9 Å². The Labute approximate surface area is 143 Å². The second kappa shape index (κ2) is 6.05. The van der Waals surface area contributed by atoms with Gasteiger partial charge < -0.3 is 14.7 Å². The molecule has 0 aliphatic heterocycles. The highest BCUT2D eigenvalue weighted by Crippen LogP contribution is 2.48. The number of H-pyrrole nitrogens is 1. The Morgan fingerprint density at radius 2 is 2.08 bits per heavy atom. The fraction of sp³-hybridized carbons (Fsp3) is 0.211. The van der Waals surface area contributed by atoms with Crippen LogP contribution in [-0.4, -0.2) is 15.9 Å². The van der Waals surface area contributed by atoms with Crippen molar-refractivity contribution in [3.05, 3.63) is 70.5 Å². The summed E-state index contributed by atoms with van der Waals surface area (Å²) < 4.78 is 5.36. The smallest absolute Gasteiger partial charge is 0.251 e. The molecule has 6 heteroatoms. The van der Waals surface area contributed by atoms with E-state index in [9.17, 15) is 9.59 Å². The van der Waals surface area contributed by atoms with Gasteiger partial charge in [0, 0.05) is 34.8 Å². The number of benzene rings is 1. The highest BCUT2D eigenvalue weighted by Gasteiger charge is 2.45. The molecule has 4 rings (SSSR count). The van der Waals surface area contributed by atoms with Crippen molar-refractivity contribution in [1.82, 2.24) is 9.97 Å². The van der Waals surface area contributed by atoms with Gasteiger partial charge in [0.15, 0.2) is 0 Å². The molecule has 2 N–H and O–H groups in total. The number of furan rings is 1. The number of nitrogens with one attached hydrogen (secondary N) is 2. The zero-order valence-electron chi connectivity index (χ0n) is 13.7. The fourth-order valence-corrected chi connectivity index (χ4v) is 2.96. The molecule has 1 fully saturated rings. The average Bonchev–Trinajstić information content (AvgIpc) is 3.20. The standard InChI is InChI=1S/C19H17N3O3/c1-11-9-17(23)22-18(20-11)12-4-6-13(7-5-12)21-19(24)15-10-14(15)16-3-2-8-25-16/h2-9,14-15H,10H2,1H3,(H,21,24)(H,20,22,23)/t14-,15+/m1/s1. The molecule has 0 unspecified atom stereocenters. The van der Waals surface area contributed by atoms with E-state index in [4.69, 9.17) is 4.42 Å². The molecule has 3 aromatic rings. The van der Waals surface area contributed by atoms with Crippen molar-refractivity contribution in [3.8, 4) is 11.4 Å². The van der Waals surface area contributed by atoms with Crippen LogP contribution in [0.2, 0.25) is 0 Å². The lowest BCUT2D eigenvalue weighted by Crippen LogP contribution is -2.14. The van der Waals surface area contributed by atoms with Crippen molar-refractivity contribution in [1.29, 1.82) is 0 Å². The lowest BCUT2D eigenvalue weighted by molar-refractivity contribution is -0.117. The molecular formula is C19H17N3O3. The Morgan fingerprint density at radius 1 is 1.28 bits per heavy atom. The van der Waals surface area contributed by atoms with E-state index in [2.05, 4.69) is 15.3 Å². The molecule has 0 spiro atoms. The Balaban J connectivity index is 1.44. The summed E-state index contributed by atoms with van der Waals surface area (Å²) in [4.78, 5) is 30.9. The average molecular weight is 335 g/mol. The van der Waals surface area contributed by atoms with Crippen molar-refractivity contribution in [2.45, 2.75) is 19.3 Å². The molecule has 6 nitrogen and oxygen atoms in total. The van der Waals surface area contributed by atoms with Crippen LogP contribution < -0.4 is 10.9 Å². The van der Waals surface area contributed by atoms with Crippen molar-refractivity contribution in [3.63, 3.8) is 0 Å². The number of carbonyl (C=O) groups excluding carboxylic acids is 1. The number of rotatable bonds is 4. The monoisotopic (exact) mass is 335 g/mol. The SMILES string of the molecule is Cc1cc(=O)[nH]c(-c2ccc(NC(=O)[C@H]3C[C@H]3c3ccco3)cc2)n1. The van der Waals surface area contributed by atoms with E-state index >= 15 is 0 Å². The molecule has 2 atom stereocenters. The first-order valence-corrected chi connectivity index (χ1v) is 8.13. The van der Waals surface area contributed by atoms with Crippen molar-refractivity contribution in [2.24, 2.45) is 5.92 Å². The van der Waals surface area contributed by atoms with Gasteiger partial charge in [-0.05, 0) is 49.7 Å². The largest absolute Gasteiger partial charge is 0.469 e. The molecule has 126 valence electrons. The molecule has 0 radical (unpaired) electrons. The molecule has 2 heterocycles. The normalized spacial score (nSPS) is 18.8. The summed E-state index contributed by atoms with van der Waals surface area (Å²) >= 11 is 0. The number of anilines is 1. The highest BCUT2D eigenvalue weighted by molar-refractivity contribution is 5.95. The van der Waals surface area contributed by atoms with Crippen LogP contribution in [0, 0.1) is 12.8 Å². The van der Waals surface area contributed by atoms with Crippen molar-refractivity contribution < 1.29 is 9.21 Å². The van der Waals surface area contributed by atoms with Crippen LogP contribution in [0.1, 0.15) is 23.8 Å². The number of hydrogen-bond acceptors (Lipinski definition) is 4. The van der Waals surface area contributed by atoms with E-state index in [0.29, 0.717) is 17.2 Å². The van der Waals surface area contributed by atoms with E-state index in [1.54, 1.807) is 25.3 Å². The van der Waals surface area contributed by atoms with Crippen molar-refractivity contribution in [2.75, 3.05) is 5.32 Å². The molecule has 1 aliphatic rings. The van der Waals surface area contributed by atoms with Gasteiger partial charge in [0.25, 0.3) is 5.56 Å². The predicted octanol–water partition coefficient (Wildman–Crippen LogP) is 3.08. The summed E-state index contributed by atoms with van der Waals surface area (Å²) in [5, 5.41) is 2.92. The summed E-state index contributed by atoms with van der Waals surface area (Å²) in [6.45, 7) is 1.78. The molecule has 0 bridgehead atoms. The predicted molar refractivity (Wildman–Crippen MR) is 93.2 cm³/mol. The van der Waals surface area contributed by atoms with Crippen LogP contribution in [0.5, 0.6) is 0 Å². The molecule has 1 amide bonds. The Morgan fingerprint density at radius 3 is 2.76 bits per heavy atom. The van der Waals surface area contributed by atoms with Gasteiger partial charge in [0.2, 0.25) is 5.91 Å². The van der Waals surface area contributed by atoms with Gasteiger partial charge in [-0.1, -0.05) is 0 Å². The number of carbonyl (C=O) groups is 1. The van der Waals surface area contributed by atoms with Gasteiger partial charge in [-0.15, -0.1) is 0 Å². The second-order valence-electron chi connectivity index (χ2n) is 6.27. The van der Waals surface area contributed by atoms with Gasteiger partial charge in [0.1, 0.15) is 11.6 Å². The molecule has 1 aliphatic carbocycles. The maximum absolute atomic E-state index is 12.3. The maximum atomic E-state index is 12.3. The number of aryl methyl sites for hydroxylation is 1. The van der Waals surface area contributed by atoms with E-state index in [-0.39, 0.29) is 23.3 Å². The Hall–Kier alpha value is -3.15. The first kappa shape index (κ1) is 15.4. The van der Waals surface area contributed by atoms with Gasteiger partial charge in [-0.3, -0.25) is 9.59 Å². The zero-order valence-corrected chi connectivity index (χ0v) is 13.7. The van der Waals surface area contributed by atoms with Crippen LogP contribution in [0.4, 0.5) is 5.69 Å². The second-order valence-corrected chi connectivity index (χ2v) is 6.27. The molecule has 1 aromatic carbocycles. The van der Waals surface area contributed by atoms with E-state index in [0.717, 1.165) is 17.7 Å². The minimum atomic E-state index is -0.183. The fourth-order valence-electron chi connectivity index (χ4n) is 2.96. The third-order valence-corrected chi connectivity index (χ3v) is 4.33. The van der Waals surface area contributed by atoms with Crippen LogP contribution in [-0.2, 0) is 4.79 Å². The first-order valence-electron chi connectivity index (χ1n) is 8.13. The van der Waals surface area contributed by atoms with Gasteiger partial charge in [-0.2, -0.15) is 0 Å². The number of amides is 1. The lowest BCUT2D eigenvalue weighted by Gasteiger charge is -2.06. The summed E-state index contributed by atoms with van der Waals surface area (Å²) in [6, 6.07) is 12.4. The maximum Gasteiger partial charge on any atom is 0.251 e. The van der Waals surface area contributed by atoms with Crippen LogP contribution in [0.25, 0.3) is 11.4 Å². The molecule has 25 heavy (non-hydrogen) atoms. The highest BCUT2D eigenvalue weighted by atomic mass is 16.3. The van der Waals surface area contributed by atoms with E-state index < -0.39 is 0 Å². The van der Waals surface area contributed by atoms with E-state index in [1.807, 2.05) is 24.3 Å². The lowest BCUT2D eigenvalue weighted by atomic mass is 10.2. The molecule has 2 aromatic heterocycles. The minimum absolute atomic E-state index is 0.00348. The summed E-state index contributed by atoms with van der Waals surface area (Å²) in [7, 11) is 0. The number of hydrogen-bond donors (Lipinski definition) is 2. The van der Waals surface area contributed by atoms with Gasteiger partial charge in [-0.25, -0.2) is 4.98 Å². The topological polar surface area (TPSA) is 88.0 Å². The third kappa shape index (κ3) is 3.24. The van der Waals surface area contributed by atoms with Gasteiger partial charge in [0.05, 0.1) is 6.26 Å². The number of nitrogens with zero attached hydrogens (tertiary/aromatic N) is 1. The Bertz CT molecular complexity index is 958. The number of aromatic amines is 1. The summed E-state index contributed by atoms with van der Waals surface area (Å²) in [6.07, 6.45) is 2.44. The summed E-state index contributed by atoms with van der Waals surface area (Å²) in [5.41, 5.74) is 1.99. The third-order valence-electron chi connectivity index (χ3n) is 4.33. The summed E-state index contributed by atoms with van der Waals surface area (Å²) in [5.74, 6) is 1.51. The molecule has 1 saturated carbocycles. The van der Waals surface area contributed by atoms with Crippen LogP contribution in [0.3, 0.4) is 0 Å². The van der Waals surface area contributed by atoms with E-state index in [1.165, 1.54) is 6.07 Å². The van der Waals surface area contributed by atoms with Crippen molar-refractivity contribution >= 4 is 11.6 Å². The van der Waals surface area contributed by atoms with Gasteiger partial charge >= 0.3 is 0 Å². The molecular weight excluding hydrogens is 318 g/mol. The Kier molecular flexibility index (Phi) is 3.72.